The minimum atomic E-state index is 0.139. The molecule has 4 rings (SSSR count). The minimum Gasteiger partial charge on any atom is -0.464 e. The maximum absolute atomic E-state index is 5.99. The Morgan fingerprint density at radius 1 is 1.14 bits per heavy atom. The molecule has 0 aliphatic carbocycles. The van der Waals surface area contributed by atoms with Gasteiger partial charge in [0.1, 0.15) is 11.6 Å². The van der Waals surface area contributed by atoms with Crippen LogP contribution in [0, 0.1) is 0 Å². The van der Waals surface area contributed by atoms with Gasteiger partial charge in [-0.25, -0.2) is 9.97 Å². The molecule has 0 saturated carbocycles. The largest absolute Gasteiger partial charge is 0.464 e. The quantitative estimate of drug-likeness (QED) is 0.625. The van der Waals surface area contributed by atoms with E-state index in [1.165, 1.54) is 0 Å². The Bertz CT molecular complexity index is 970. The lowest BCUT2D eigenvalue weighted by atomic mass is 10.1. The molecule has 1 aliphatic rings. The number of benzene rings is 1. The van der Waals surface area contributed by atoms with Gasteiger partial charge in [-0.1, -0.05) is 6.07 Å². The molecule has 28 heavy (non-hydrogen) atoms. The predicted molar refractivity (Wildman–Crippen MR) is 106 cm³/mol. The fourth-order valence-electron chi connectivity index (χ4n) is 3.33. The van der Waals surface area contributed by atoms with Gasteiger partial charge in [-0.15, -0.1) is 0 Å². The van der Waals surface area contributed by atoms with Crippen molar-refractivity contribution in [2.75, 3.05) is 32.9 Å². The van der Waals surface area contributed by atoms with Crippen LogP contribution in [0.4, 0.5) is 0 Å². The summed E-state index contributed by atoms with van der Waals surface area (Å²) in [5, 5.41) is 0.139. The van der Waals surface area contributed by atoms with Crippen LogP contribution >= 0.6 is 11.6 Å². The van der Waals surface area contributed by atoms with E-state index in [4.69, 9.17) is 26.1 Å². The zero-order valence-electron chi connectivity index (χ0n) is 16.1. The molecule has 9 heteroatoms. The van der Waals surface area contributed by atoms with Gasteiger partial charge in [-0.2, -0.15) is 9.97 Å². The van der Waals surface area contributed by atoms with Crippen LogP contribution in [-0.2, 0) is 24.8 Å². The molecule has 0 amide bonds. The summed E-state index contributed by atoms with van der Waals surface area (Å²) in [7, 11) is 2.06. The van der Waals surface area contributed by atoms with E-state index in [1.807, 2.05) is 6.92 Å². The number of hydrogen-bond donors (Lipinski definition) is 0. The topological polar surface area (TPSA) is 78.2 Å². The van der Waals surface area contributed by atoms with Gasteiger partial charge in [-0.3, -0.25) is 4.90 Å². The number of rotatable bonds is 6. The molecule has 0 atom stereocenters. The van der Waals surface area contributed by atoms with Crippen LogP contribution in [0.3, 0.4) is 0 Å². The minimum absolute atomic E-state index is 0.139. The molecule has 148 valence electrons. The Balaban J connectivity index is 1.56. The van der Waals surface area contributed by atoms with Crippen LogP contribution in [0.25, 0.3) is 11.0 Å². The van der Waals surface area contributed by atoms with Gasteiger partial charge in [-0.05, 0) is 36.2 Å². The molecule has 0 N–H and O–H groups in total. The molecule has 0 bridgehead atoms. The Hall–Kier alpha value is -2.29. The monoisotopic (exact) mass is 402 g/mol. The van der Waals surface area contributed by atoms with Gasteiger partial charge in [0.2, 0.25) is 5.28 Å². The summed E-state index contributed by atoms with van der Waals surface area (Å²) in [6.07, 6.45) is 0.535. The van der Waals surface area contributed by atoms with Crippen molar-refractivity contribution in [3.63, 3.8) is 0 Å². The summed E-state index contributed by atoms with van der Waals surface area (Å²) in [6.45, 7) is 6.63. The normalized spacial score (nSPS) is 15.2. The maximum atomic E-state index is 5.99. The van der Waals surface area contributed by atoms with Crippen molar-refractivity contribution in [1.82, 2.24) is 29.4 Å². The summed E-state index contributed by atoms with van der Waals surface area (Å²) < 4.78 is 12.9. The van der Waals surface area contributed by atoms with Crippen LogP contribution in [0.1, 0.15) is 24.1 Å². The van der Waals surface area contributed by atoms with Gasteiger partial charge in [0, 0.05) is 26.6 Å². The van der Waals surface area contributed by atoms with Crippen molar-refractivity contribution in [2.45, 2.75) is 19.9 Å². The standard InChI is InChI=1S/C19H23ClN6O2/c1-3-28-19-23-16(22-18(20)24-19)11-13-4-5-15-14(10-13)21-17(25(15)2)12-26-6-8-27-9-7-26/h4-5,10H,3,6-9,11-12H2,1-2H3. The molecule has 1 aliphatic heterocycles. The first-order valence-electron chi connectivity index (χ1n) is 9.40. The van der Waals surface area contributed by atoms with E-state index in [-0.39, 0.29) is 11.3 Å². The average Bonchev–Trinajstić information content (AvgIpc) is 2.97. The van der Waals surface area contributed by atoms with Gasteiger partial charge in [0.25, 0.3) is 0 Å². The van der Waals surface area contributed by atoms with Gasteiger partial charge >= 0.3 is 6.01 Å². The Morgan fingerprint density at radius 3 is 2.75 bits per heavy atom. The summed E-state index contributed by atoms with van der Waals surface area (Å²) in [5.41, 5.74) is 3.14. The van der Waals surface area contributed by atoms with Crippen molar-refractivity contribution in [3.05, 3.63) is 40.7 Å². The number of hydrogen-bond acceptors (Lipinski definition) is 7. The second-order valence-electron chi connectivity index (χ2n) is 6.71. The summed E-state index contributed by atoms with van der Waals surface area (Å²) >= 11 is 5.99. The van der Waals surface area contributed by atoms with E-state index < -0.39 is 0 Å². The van der Waals surface area contributed by atoms with Gasteiger partial charge in [0.15, 0.2) is 0 Å². The van der Waals surface area contributed by atoms with Gasteiger partial charge in [0.05, 0.1) is 37.4 Å². The van der Waals surface area contributed by atoms with E-state index in [0.717, 1.165) is 55.3 Å². The molecule has 0 unspecified atom stereocenters. The Morgan fingerprint density at radius 2 is 1.96 bits per heavy atom. The number of imidazole rings is 1. The number of nitrogens with zero attached hydrogens (tertiary/aromatic N) is 6. The molecule has 3 aromatic rings. The summed E-state index contributed by atoms with van der Waals surface area (Å²) in [4.78, 5) is 19.7. The lowest BCUT2D eigenvalue weighted by molar-refractivity contribution is 0.0328. The van der Waals surface area contributed by atoms with E-state index in [2.05, 4.69) is 49.7 Å². The van der Waals surface area contributed by atoms with Crippen LogP contribution in [0.15, 0.2) is 18.2 Å². The zero-order chi connectivity index (χ0) is 19.5. The highest BCUT2D eigenvalue weighted by molar-refractivity contribution is 6.28. The highest BCUT2D eigenvalue weighted by Gasteiger charge is 2.16. The van der Waals surface area contributed by atoms with E-state index >= 15 is 0 Å². The molecular weight excluding hydrogens is 380 g/mol. The molecular formula is C19H23ClN6O2. The second kappa shape index (κ2) is 8.38. The Labute approximate surface area is 168 Å². The summed E-state index contributed by atoms with van der Waals surface area (Å²) in [5.74, 6) is 1.63. The molecule has 8 nitrogen and oxygen atoms in total. The van der Waals surface area contributed by atoms with E-state index in [1.54, 1.807) is 0 Å². The van der Waals surface area contributed by atoms with Crippen molar-refractivity contribution >= 4 is 22.6 Å². The van der Waals surface area contributed by atoms with E-state index in [0.29, 0.717) is 18.9 Å². The third kappa shape index (κ3) is 4.24. The van der Waals surface area contributed by atoms with Crippen molar-refractivity contribution in [2.24, 2.45) is 7.05 Å². The molecule has 0 radical (unpaired) electrons. The van der Waals surface area contributed by atoms with Crippen LogP contribution in [0.5, 0.6) is 6.01 Å². The molecule has 0 spiro atoms. The second-order valence-corrected chi connectivity index (χ2v) is 7.05. The van der Waals surface area contributed by atoms with Crippen LogP contribution in [0.2, 0.25) is 5.28 Å². The SMILES string of the molecule is CCOc1nc(Cl)nc(Cc2ccc3c(c2)nc(CN2CCOCC2)n3C)n1. The van der Waals surface area contributed by atoms with E-state index in [9.17, 15) is 0 Å². The van der Waals surface area contributed by atoms with Crippen molar-refractivity contribution in [1.29, 1.82) is 0 Å². The van der Waals surface area contributed by atoms with Crippen LogP contribution < -0.4 is 4.74 Å². The van der Waals surface area contributed by atoms with Gasteiger partial charge < -0.3 is 14.0 Å². The first-order valence-corrected chi connectivity index (χ1v) is 9.77. The highest BCUT2D eigenvalue weighted by Crippen LogP contribution is 2.20. The number of aromatic nitrogens is 5. The molecule has 1 fully saturated rings. The molecule has 3 heterocycles. The average molecular weight is 403 g/mol. The first kappa shape index (κ1) is 19.0. The smallest absolute Gasteiger partial charge is 0.320 e. The lowest BCUT2D eigenvalue weighted by Gasteiger charge is -2.26. The molecule has 2 aromatic heterocycles. The third-order valence-corrected chi connectivity index (χ3v) is 4.95. The molecule has 1 aromatic carbocycles. The predicted octanol–water partition coefficient (Wildman–Crippen LogP) is 2.23. The number of ether oxygens (including phenoxy) is 2. The number of fused-ring (bicyclic) bond motifs is 1. The lowest BCUT2D eigenvalue weighted by Crippen LogP contribution is -2.36. The van der Waals surface area contributed by atoms with Crippen molar-refractivity contribution < 1.29 is 9.47 Å². The van der Waals surface area contributed by atoms with Crippen LogP contribution in [-0.4, -0.2) is 62.3 Å². The fraction of sp³-hybridized carbons (Fsp3) is 0.474. The molecule has 1 saturated heterocycles. The van der Waals surface area contributed by atoms with Crippen molar-refractivity contribution in [3.8, 4) is 6.01 Å². The highest BCUT2D eigenvalue weighted by atomic mass is 35.5. The summed E-state index contributed by atoms with van der Waals surface area (Å²) in [6, 6.07) is 6.49. The third-order valence-electron chi connectivity index (χ3n) is 4.78. The first-order chi connectivity index (χ1) is 13.6. The number of halogens is 1. The maximum Gasteiger partial charge on any atom is 0.320 e. The number of morpholine rings is 1. The number of aryl methyl sites for hydroxylation is 1. The fourth-order valence-corrected chi connectivity index (χ4v) is 3.50. The zero-order valence-corrected chi connectivity index (χ0v) is 16.8. The Kier molecular flexibility index (Phi) is 5.70.